The summed E-state index contributed by atoms with van der Waals surface area (Å²) in [6.07, 6.45) is 1.01. The van der Waals surface area contributed by atoms with Crippen molar-refractivity contribution in [2.24, 2.45) is 5.41 Å². The quantitative estimate of drug-likeness (QED) is 0.338. The van der Waals surface area contributed by atoms with Crippen LogP contribution >= 0.6 is 0 Å². The molecular weight excluding hydrogens is 460 g/mol. The summed E-state index contributed by atoms with van der Waals surface area (Å²) in [7, 11) is -2.31. The van der Waals surface area contributed by atoms with Gasteiger partial charge >= 0.3 is 11.9 Å². The van der Waals surface area contributed by atoms with Crippen LogP contribution in [-0.2, 0) is 25.4 Å². The molecule has 0 N–H and O–H groups in total. The van der Waals surface area contributed by atoms with Crippen molar-refractivity contribution < 1.29 is 23.5 Å². The van der Waals surface area contributed by atoms with Crippen LogP contribution in [0.15, 0.2) is 36.5 Å². The third-order valence-electron chi connectivity index (χ3n) is 6.05. The number of carbonyl (C=O) groups is 2. The van der Waals surface area contributed by atoms with Crippen molar-refractivity contribution in [2.45, 2.75) is 79.3 Å². The molecule has 0 unspecified atom stereocenters. The number of hydrogen-bond acceptors (Lipinski definition) is 7. The second-order valence-corrected chi connectivity index (χ2v) is 15.8. The fourth-order valence-electron chi connectivity index (χ4n) is 2.94. The van der Waals surface area contributed by atoms with Crippen LogP contribution in [0.3, 0.4) is 0 Å². The molecule has 0 radical (unpaired) electrons. The molecule has 0 fully saturated rings. The first-order valence-electron chi connectivity index (χ1n) is 11.6. The number of rotatable bonds is 7. The third-order valence-corrected chi connectivity index (χ3v) is 10.5. The third kappa shape index (κ3) is 7.23. The molecule has 1 heterocycles. The summed E-state index contributed by atoms with van der Waals surface area (Å²) in [5.41, 5.74) is 1.59. The van der Waals surface area contributed by atoms with Gasteiger partial charge in [-0.15, -0.1) is 0 Å². The summed E-state index contributed by atoms with van der Waals surface area (Å²) in [5.74, 6) is -0.692. The Balaban J connectivity index is 2.65. The Bertz CT molecular complexity index is 1110. The van der Waals surface area contributed by atoms with Crippen molar-refractivity contribution in [3.63, 3.8) is 0 Å². The molecule has 0 amide bonds. The first kappa shape index (κ1) is 28.2. The Morgan fingerprint density at radius 3 is 2.14 bits per heavy atom. The average Bonchev–Trinajstić information content (AvgIpc) is 2.75. The largest absolute Gasteiger partial charge is 0.459 e. The van der Waals surface area contributed by atoms with Crippen molar-refractivity contribution >= 4 is 20.3 Å². The number of carbonyl (C=O) groups excluding carboxylic acids is 2. The van der Waals surface area contributed by atoms with Gasteiger partial charge in [0.15, 0.2) is 14.1 Å². The fraction of sp³-hybridized carbons (Fsp3) is 0.481. The zero-order valence-corrected chi connectivity index (χ0v) is 23.2. The van der Waals surface area contributed by atoms with Gasteiger partial charge < -0.3 is 13.9 Å². The van der Waals surface area contributed by atoms with E-state index in [-0.39, 0.29) is 23.4 Å². The lowest BCUT2D eigenvalue weighted by molar-refractivity contribution is -0.154. The van der Waals surface area contributed by atoms with Crippen LogP contribution in [0.25, 0.3) is 0 Å². The average molecular weight is 497 g/mol. The standard InChI is InChI=1S/C27H36N2O5Si/c1-18(30)33-24-21(14-15-29-22(24)17-32-25(31)26(2,3)4)23(34-35(8,9)27(5,6)7)20-12-10-19(16-28)11-13-20/h10-15,23H,17H2,1-9H3/t23-/m1/s1. The van der Waals surface area contributed by atoms with Crippen molar-refractivity contribution in [1.82, 2.24) is 4.98 Å². The molecule has 0 aliphatic heterocycles. The number of nitrogens with zero attached hydrogens (tertiary/aromatic N) is 2. The lowest BCUT2D eigenvalue weighted by Crippen LogP contribution is -2.42. The molecule has 0 aliphatic carbocycles. The van der Waals surface area contributed by atoms with E-state index in [0.29, 0.717) is 16.8 Å². The van der Waals surface area contributed by atoms with Crippen LogP contribution in [0.1, 0.15) is 77.0 Å². The predicted molar refractivity (Wildman–Crippen MR) is 136 cm³/mol. The highest BCUT2D eigenvalue weighted by atomic mass is 28.4. The minimum absolute atomic E-state index is 0.0858. The Morgan fingerprint density at radius 2 is 1.66 bits per heavy atom. The predicted octanol–water partition coefficient (Wildman–Crippen LogP) is 6.08. The Kier molecular flexibility index (Phi) is 8.64. The minimum Gasteiger partial charge on any atom is -0.459 e. The van der Waals surface area contributed by atoms with E-state index in [1.54, 1.807) is 45.2 Å². The Hall–Kier alpha value is -3.02. The van der Waals surface area contributed by atoms with Crippen LogP contribution in [0.4, 0.5) is 0 Å². The highest BCUT2D eigenvalue weighted by Gasteiger charge is 2.41. The molecule has 1 aromatic heterocycles. The maximum Gasteiger partial charge on any atom is 0.311 e. The van der Waals surface area contributed by atoms with E-state index in [2.05, 4.69) is 44.9 Å². The topological polar surface area (TPSA) is 98.5 Å². The normalized spacial score (nSPS) is 13.0. The maximum atomic E-state index is 12.4. The van der Waals surface area contributed by atoms with E-state index in [1.807, 2.05) is 12.1 Å². The molecule has 0 aliphatic rings. The molecule has 1 atom stereocenters. The highest BCUT2D eigenvalue weighted by Crippen LogP contribution is 2.44. The first-order chi connectivity index (χ1) is 16.1. The Labute approximate surface area is 209 Å². The van der Waals surface area contributed by atoms with Crippen LogP contribution in [0.5, 0.6) is 5.75 Å². The number of aromatic nitrogens is 1. The maximum absolute atomic E-state index is 12.4. The zero-order valence-electron chi connectivity index (χ0n) is 22.2. The van der Waals surface area contributed by atoms with Gasteiger partial charge in [0.1, 0.15) is 12.3 Å². The molecule has 0 bridgehead atoms. The van der Waals surface area contributed by atoms with E-state index >= 15 is 0 Å². The van der Waals surface area contributed by atoms with E-state index in [0.717, 1.165) is 5.56 Å². The molecule has 2 aromatic rings. The van der Waals surface area contributed by atoms with Gasteiger partial charge in [0.05, 0.1) is 23.2 Å². The van der Waals surface area contributed by atoms with Gasteiger partial charge in [-0.05, 0) is 62.7 Å². The van der Waals surface area contributed by atoms with E-state index in [4.69, 9.17) is 13.9 Å². The number of esters is 2. The molecule has 188 valence electrons. The summed E-state index contributed by atoms with van der Waals surface area (Å²) in [5, 5.41) is 9.15. The number of nitriles is 1. The van der Waals surface area contributed by atoms with Gasteiger partial charge in [0.25, 0.3) is 0 Å². The van der Waals surface area contributed by atoms with Gasteiger partial charge in [-0.25, -0.2) is 0 Å². The first-order valence-corrected chi connectivity index (χ1v) is 14.5. The molecule has 2 rings (SSSR count). The van der Waals surface area contributed by atoms with Crippen LogP contribution in [-0.4, -0.2) is 25.2 Å². The monoisotopic (exact) mass is 496 g/mol. The van der Waals surface area contributed by atoms with Crippen molar-refractivity contribution in [1.29, 1.82) is 5.26 Å². The lowest BCUT2D eigenvalue weighted by atomic mass is 9.97. The molecule has 0 saturated carbocycles. The highest BCUT2D eigenvalue weighted by molar-refractivity contribution is 6.74. The van der Waals surface area contributed by atoms with Gasteiger partial charge in [0.2, 0.25) is 0 Å². The molecular formula is C27H36N2O5Si. The van der Waals surface area contributed by atoms with Gasteiger partial charge in [-0.2, -0.15) is 5.26 Å². The van der Waals surface area contributed by atoms with Crippen LogP contribution in [0, 0.1) is 16.7 Å². The molecule has 0 saturated heterocycles. The lowest BCUT2D eigenvalue weighted by Gasteiger charge is -2.39. The van der Waals surface area contributed by atoms with Crippen LogP contribution < -0.4 is 4.74 Å². The van der Waals surface area contributed by atoms with Gasteiger partial charge in [-0.3, -0.25) is 14.6 Å². The molecule has 7 nitrogen and oxygen atoms in total. The molecule has 1 aromatic carbocycles. The van der Waals surface area contributed by atoms with E-state index in [1.165, 1.54) is 6.92 Å². The Morgan fingerprint density at radius 1 is 1.06 bits per heavy atom. The van der Waals surface area contributed by atoms with Gasteiger partial charge in [0, 0.05) is 18.7 Å². The van der Waals surface area contributed by atoms with E-state index < -0.39 is 25.8 Å². The summed E-state index contributed by atoms with van der Waals surface area (Å²) >= 11 is 0. The molecule has 0 spiro atoms. The molecule has 8 heteroatoms. The number of benzene rings is 1. The number of hydrogen-bond donors (Lipinski definition) is 0. The summed E-state index contributed by atoms with van der Waals surface area (Å²) < 4.78 is 17.9. The smallest absolute Gasteiger partial charge is 0.311 e. The van der Waals surface area contributed by atoms with Crippen molar-refractivity contribution in [3.8, 4) is 11.8 Å². The fourth-order valence-corrected chi connectivity index (χ4v) is 4.15. The minimum atomic E-state index is -2.31. The second-order valence-electron chi connectivity index (χ2n) is 11.1. The van der Waals surface area contributed by atoms with Crippen molar-refractivity contribution in [3.05, 3.63) is 58.9 Å². The number of ether oxygens (including phenoxy) is 2. The number of pyridine rings is 1. The second kappa shape index (κ2) is 10.7. The van der Waals surface area contributed by atoms with Gasteiger partial charge in [-0.1, -0.05) is 32.9 Å². The molecule has 35 heavy (non-hydrogen) atoms. The summed E-state index contributed by atoms with van der Waals surface area (Å²) in [6.45, 7) is 17.2. The summed E-state index contributed by atoms with van der Waals surface area (Å²) in [4.78, 5) is 28.8. The zero-order chi connectivity index (χ0) is 26.6. The SMILES string of the molecule is CC(=O)Oc1c([C@H](O[Si](C)(C)C(C)(C)C)c2ccc(C#N)cc2)ccnc1COC(=O)C(C)(C)C. The van der Waals surface area contributed by atoms with Crippen molar-refractivity contribution in [2.75, 3.05) is 0 Å². The summed E-state index contributed by atoms with van der Waals surface area (Å²) in [6, 6.07) is 11.0. The van der Waals surface area contributed by atoms with Crippen LogP contribution in [0.2, 0.25) is 18.1 Å². The van der Waals surface area contributed by atoms with E-state index in [9.17, 15) is 14.9 Å².